The fourth-order valence-corrected chi connectivity index (χ4v) is 5.46. The molecule has 0 radical (unpaired) electrons. The van der Waals surface area contributed by atoms with Crippen LogP contribution in [-0.4, -0.2) is 52.1 Å². The summed E-state index contributed by atoms with van der Waals surface area (Å²) in [7, 11) is 0. The average molecular weight is 486 g/mol. The Labute approximate surface area is 205 Å². The van der Waals surface area contributed by atoms with Crippen LogP contribution in [0.4, 0.5) is 0 Å². The van der Waals surface area contributed by atoms with E-state index < -0.39 is 6.04 Å². The lowest BCUT2D eigenvalue weighted by molar-refractivity contribution is -0.144. The first-order valence-corrected chi connectivity index (χ1v) is 12.6. The topological polar surface area (TPSA) is 86.8 Å². The second-order valence-corrected chi connectivity index (χ2v) is 9.99. The van der Waals surface area contributed by atoms with E-state index in [-0.39, 0.29) is 61.0 Å². The Kier molecular flexibility index (Phi) is 7.71. The summed E-state index contributed by atoms with van der Waals surface area (Å²) in [6.07, 6.45) is 9.11. The van der Waals surface area contributed by atoms with Crippen molar-refractivity contribution in [2.45, 2.75) is 70.5 Å². The predicted octanol–water partition coefficient (Wildman–Crippen LogP) is 3.46. The van der Waals surface area contributed by atoms with E-state index in [0.29, 0.717) is 17.9 Å². The van der Waals surface area contributed by atoms with Gasteiger partial charge in [-0.3, -0.25) is 24.1 Å². The first-order chi connectivity index (χ1) is 16.3. The van der Waals surface area contributed by atoms with Gasteiger partial charge in [0.2, 0.25) is 23.6 Å². The molecule has 8 heteroatoms. The SMILES string of the molecule is C[C@H](C(=O)NC1CCCC1)N(Cc1cccc(Cl)c1)C(=O)CCN1C(=O)[C@H]2CC=CC[C@H]2C1=O. The fourth-order valence-electron chi connectivity index (χ4n) is 5.25. The Bertz CT molecular complexity index is 962. The number of nitrogens with zero attached hydrogens (tertiary/aromatic N) is 2. The van der Waals surface area contributed by atoms with Crippen molar-refractivity contribution >= 4 is 35.2 Å². The number of carbonyl (C=O) groups excluding carboxylic acids is 4. The number of nitrogens with one attached hydrogen (secondary N) is 1. The summed E-state index contributed by atoms with van der Waals surface area (Å²) in [5.74, 6) is -1.48. The van der Waals surface area contributed by atoms with Crippen molar-refractivity contribution in [3.63, 3.8) is 0 Å². The molecule has 3 aliphatic rings. The summed E-state index contributed by atoms with van der Waals surface area (Å²) in [6.45, 7) is 1.97. The van der Waals surface area contributed by atoms with Gasteiger partial charge in [0, 0.05) is 30.6 Å². The molecule has 1 saturated heterocycles. The standard InChI is InChI=1S/C26H32ClN3O4/c1-17(24(32)28-20-9-2-3-10-20)30(16-18-7-6-8-19(27)15-18)23(31)13-14-29-25(33)21-11-4-5-12-22(21)26(29)34/h4-8,15,17,20-22H,2-3,9-14,16H2,1H3,(H,28,32)/t17-,21-,22+/m1/s1. The van der Waals surface area contributed by atoms with Gasteiger partial charge >= 0.3 is 0 Å². The van der Waals surface area contributed by atoms with Gasteiger partial charge < -0.3 is 10.2 Å². The monoisotopic (exact) mass is 485 g/mol. The molecule has 4 rings (SSSR count). The van der Waals surface area contributed by atoms with Gasteiger partial charge in [0.15, 0.2) is 0 Å². The van der Waals surface area contributed by atoms with Gasteiger partial charge in [-0.2, -0.15) is 0 Å². The van der Waals surface area contributed by atoms with E-state index in [4.69, 9.17) is 11.6 Å². The molecule has 3 atom stereocenters. The lowest BCUT2D eigenvalue weighted by atomic mass is 9.85. The summed E-state index contributed by atoms with van der Waals surface area (Å²) < 4.78 is 0. The van der Waals surface area contributed by atoms with Crippen LogP contribution in [0, 0.1) is 11.8 Å². The number of imide groups is 1. The van der Waals surface area contributed by atoms with Gasteiger partial charge in [0.25, 0.3) is 0 Å². The zero-order valence-corrected chi connectivity index (χ0v) is 20.3. The number of rotatable bonds is 8. The van der Waals surface area contributed by atoms with Gasteiger partial charge in [-0.05, 0) is 50.3 Å². The molecule has 4 amide bonds. The second kappa shape index (κ2) is 10.7. The lowest BCUT2D eigenvalue weighted by Crippen LogP contribution is -2.50. The summed E-state index contributed by atoms with van der Waals surface area (Å²) >= 11 is 6.13. The van der Waals surface area contributed by atoms with E-state index in [1.807, 2.05) is 18.2 Å². The van der Waals surface area contributed by atoms with E-state index in [0.717, 1.165) is 31.2 Å². The Morgan fingerprint density at radius 3 is 2.38 bits per heavy atom. The van der Waals surface area contributed by atoms with Crippen molar-refractivity contribution in [3.05, 3.63) is 47.0 Å². The van der Waals surface area contributed by atoms with Gasteiger partial charge in [0.1, 0.15) is 6.04 Å². The molecule has 1 aromatic carbocycles. The molecule has 1 saturated carbocycles. The van der Waals surface area contributed by atoms with Crippen LogP contribution in [0.15, 0.2) is 36.4 Å². The molecule has 182 valence electrons. The van der Waals surface area contributed by atoms with Crippen LogP contribution >= 0.6 is 11.6 Å². The van der Waals surface area contributed by atoms with Crippen molar-refractivity contribution in [2.75, 3.05) is 6.54 Å². The van der Waals surface area contributed by atoms with E-state index in [1.54, 1.807) is 25.1 Å². The minimum atomic E-state index is -0.691. The molecule has 1 aromatic rings. The molecule has 0 spiro atoms. The summed E-state index contributed by atoms with van der Waals surface area (Å²) in [5, 5.41) is 3.62. The summed E-state index contributed by atoms with van der Waals surface area (Å²) in [5.41, 5.74) is 0.812. The molecule has 34 heavy (non-hydrogen) atoms. The molecule has 2 aliphatic carbocycles. The van der Waals surface area contributed by atoms with E-state index in [1.165, 1.54) is 9.80 Å². The summed E-state index contributed by atoms with van der Waals surface area (Å²) in [6, 6.07) is 6.65. The maximum Gasteiger partial charge on any atom is 0.242 e. The molecule has 0 bridgehead atoms. The van der Waals surface area contributed by atoms with E-state index in [9.17, 15) is 19.2 Å². The molecule has 1 N–H and O–H groups in total. The molecule has 7 nitrogen and oxygen atoms in total. The van der Waals surface area contributed by atoms with Crippen LogP contribution in [0.3, 0.4) is 0 Å². The Hall–Kier alpha value is -2.67. The molecular weight excluding hydrogens is 454 g/mol. The van der Waals surface area contributed by atoms with Crippen molar-refractivity contribution in [1.29, 1.82) is 0 Å². The van der Waals surface area contributed by atoms with Crippen LogP contribution in [0.25, 0.3) is 0 Å². The number of halogens is 1. The highest BCUT2D eigenvalue weighted by Gasteiger charge is 2.47. The van der Waals surface area contributed by atoms with Crippen LogP contribution < -0.4 is 5.32 Å². The third kappa shape index (κ3) is 5.35. The minimum Gasteiger partial charge on any atom is -0.352 e. The van der Waals surface area contributed by atoms with Gasteiger partial charge in [-0.25, -0.2) is 0 Å². The number of fused-ring (bicyclic) bond motifs is 1. The van der Waals surface area contributed by atoms with Crippen LogP contribution in [0.1, 0.15) is 57.4 Å². The molecule has 1 heterocycles. The van der Waals surface area contributed by atoms with E-state index >= 15 is 0 Å². The lowest BCUT2D eigenvalue weighted by Gasteiger charge is -2.30. The second-order valence-electron chi connectivity index (χ2n) is 9.55. The van der Waals surface area contributed by atoms with Gasteiger partial charge in [-0.1, -0.05) is 48.7 Å². The normalized spacial score (nSPS) is 23.2. The molecule has 0 aromatic heterocycles. The average Bonchev–Trinajstić information content (AvgIpc) is 3.42. The van der Waals surface area contributed by atoms with Crippen molar-refractivity contribution in [2.24, 2.45) is 11.8 Å². The Morgan fingerprint density at radius 1 is 1.12 bits per heavy atom. The molecule has 0 unspecified atom stereocenters. The quantitative estimate of drug-likeness (QED) is 0.451. The number of carbonyl (C=O) groups is 4. The van der Waals surface area contributed by atoms with Gasteiger partial charge in [0.05, 0.1) is 11.8 Å². The zero-order valence-electron chi connectivity index (χ0n) is 19.5. The largest absolute Gasteiger partial charge is 0.352 e. The maximum absolute atomic E-state index is 13.4. The van der Waals surface area contributed by atoms with Crippen molar-refractivity contribution in [3.8, 4) is 0 Å². The highest BCUT2D eigenvalue weighted by Crippen LogP contribution is 2.35. The number of amides is 4. The van der Waals surface area contributed by atoms with E-state index in [2.05, 4.69) is 5.32 Å². The first-order valence-electron chi connectivity index (χ1n) is 12.2. The van der Waals surface area contributed by atoms with Gasteiger partial charge in [-0.15, -0.1) is 0 Å². The predicted molar refractivity (Wildman–Crippen MR) is 129 cm³/mol. The van der Waals surface area contributed by atoms with Crippen LogP contribution in [0.5, 0.6) is 0 Å². The maximum atomic E-state index is 13.4. The Balaban J connectivity index is 1.45. The van der Waals surface area contributed by atoms with Crippen molar-refractivity contribution < 1.29 is 19.2 Å². The fraction of sp³-hybridized carbons (Fsp3) is 0.538. The molecule has 2 fully saturated rings. The third-order valence-electron chi connectivity index (χ3n) is 7.26. The highest BCUT2D eigenvalue weighted by molar-refractivity contribution is 6.30. The number of allylic oxidation sites excluding steroid dienone is 2. The number of hydrogen-bond donors (Lipinski definition) is 1. The van der Waals surface area contributed by atoms with Crippen LogP contribution in [0.2, 0.25) is 5.02 Å². The van der Waals surface area contributed by atoms with Crippen LogP contribution in [-0.2, 0) is 25.7 Å². The van der Waals surface area contributed by atoms with Crippen molar-refractivity contribution in [1.82, 2.24) is 15.1 Å². The highest BCUT2D eigenvalue weighted by atomic mass is 35.5. The minimum absolute atomic E-state index is 0.0219. The zero-order chi connectivity index (χ0) is 24.2. The molecular formula is C26H32ClN3O4. The smallest absolute Gasteiger partial charge is 0.242 e. The Morgan fingerprint density at radius 2 is 1.76 bits per heavy atom. The number of likely N-dealkylation sites (tertiary alicyclic amines) is 1. The first kappa shape index (κ1) is 24.5. The number of benzene rings is 1. The third-order valence-corrected chi connectivity index (χ3v) is 7.49. The number of hydrogen-bond acceptors (Lipinski definition) is 4. The molecule has 1 aliphatic heterocycles. The summed E-state index contributed by atoms with van der Waals surface area (Å²) in [4.78, 5) is 54.6.